The van der Waals surface area contributed by atoms with Crippen LogP contribution in [0.5, 0.6) is 0 Å². The van der Waals surface area contributed by atoms with Gasteiger partial charge in [-0.05, 0) is 6.42 Å². The van der Waals surface area contributed by atoms with Crippen LogP contribution in [0, 0.1) is 0 Å². The SMILES string of the molecule is C=CCCC(=O)NCC(=O)OC. The first kappa shape index (κ1) is 10.7. The molecule has 0 aromatic rings. The van der Waals surface area contributed by atoms with E-state index in [1.54, 1.807) is 6.08 Å². The van der Waals surface area contributed by atoms with E-state index >= 15 is 0 Å². The van der Waals surface area contributed by atoms with Crippen LogP contribution in [-0.4, -0.2) is 25.5 Å². The molecule has 68 valence electrons. The van der Waals surface area contributed by atoms with Crippen LogP contribution < -0.4 is 5.32 Å². The van der Waals surface area contributed by atoms with E-state index in [9.17, 15) is 9.59 Å². The van der Waals surface area contributed by atoms with Crippen molar-refractivity contribution in [2.45, 2.75) is 12.8 Å². The molecule has 0 unspecified atom stereocenters. The first-order valence-corrected chi connectivity index (χ1v) is 3.65. The molecular weight excluding hydrogens is 158 g/mol. The fraction of sp³-hybridized carbons (Fsp3) is 0.500. The maximum atomic E-state index is 10.9. The molecule has 0 fully saturated rings. The molecule has 1 N–H and O–H groups in total. The van der Waals surface area contributed by atoms with Gasteiger partial charge in [-0.1, -0.05) is 6.08 Å². The van der Waals surface area contributed by atoms with Crippen molar-refractivity contribution >= 4 is 11.9 Å². The number of carbonyl (C=O) groups is 2. The molecule has 0 aromatic heterocycles. The van der Waals surface area contributed by atoms with Gasteiger partial charge in [0, 0.05) is 6.42 Å². The molecule has 0 aliphatic carbocycles. The Morgan fingerprint density at radius 3 is 2.75 bits per heavy atom. The molecule has 0 heterocycles. The Morgan fingerprint density at radius 1 is 1.58 bits per heavy atom. The van der Waals surface area contributed by atoms with E-state index in [2.05, 4.69) is 16.6 Å². The van der Waals surface area contributed by atoms with Crippen LogP contribution in [0.4, 0.5) is 0 Å². The minimum atomic E-state index is -0.443. The number of allylic oxidation sites excluding steroid dienone is 1. The summed E-state index contributed by atoms with van der Waals surface area (Å²) >= 11 is 0. The molecule has 0 saturated carbocycles. The van der Waals surface area contributed by atoms with Gasteiger partial charge in [-0.3, -0.25) is 9.59 Å². The van der Waals surface area contributed by atoms with Gasteiger partial charge in [-0.2, -0.15) is 0 Å². The van der Waals surface area contributed by atoms with E-state index in [1.165, 1.54) is 7.11 Å². The minimum absolute atomic E-state index is 0.0630. The molecule has 4 nitrogen and oxygen atoms in total. The van der Waals surface area contributed by atoms with Crippen LogP contribution in [0.1, 0.15) is 12.8 Å². The van der Waals surface area contributed by atoms with E-state index in [0.29, 0.717) is 12.8 Å². The lowest BCUT2D eigenvalue weighted by Crippen LogP contribution is -2.29. The third-order valence-corrected chi connectivity index (χ3v) is 1.23. The molecule has 12 heavy (non-hydrogen) atoms. The molecule has 0 bridgehead atoms. The van der Waals surface area contributed by atoms with Gasteiger partial charge in [-0.15, -0.1) is 6.58 Å². The van der Waals surface area contributed by atoms with Crippen molar-refractivity contribution in [3.8, 4) is 0 Å². The number of hydrogen-bond acceptors (Lipinski definition) is 3. The van der Waals surface area contributed by atoms with Crippen molar-refractivity contribution < 1.29 is 14.3 Å². The van der Waals surface area contributed by atoms with E-state index in [0.717, 1.165) is 0 Å². The van der Waals surface area contributed by atoms with Crippen LogP contribution in [0.3, 0.4) is 0 Å². The molecule has 0 rings (SSSR count). The fourth-order valence-electron chi connectivity index (χ4n) is 0.564. The van der Waals surface area contributed by atoms with E-state index in [1.807, 2.05) is 0 Å². The zero-order valence-electron chi connectivity index (χ0n) is 7.13. The molecule has 1 amide bonds. The van der Waals surface area contributed by atoms with Crippen molar-refractivity contribution in [1.82, 2.24) is 5.32 Å². The number of rotatable bonds is 5. The van der Waals surface area contributed by atoms with Crippen LogP contribution in [0.15, 0.2) is 12.7 Å². The van der Waals surface area contributed by atoms with Crippen LogP contribution in [-0.2, 0) is 14.3 Å². The second-order valence-corrected chi connectivity index (χ2v) is 2.18. The molecule has 0 aliphatic rings. The summed E-state index contributed by atoms with van der Waals surface area (Å²) in [6.45, 7) is 3.41. The Bertz CT molecular complexity index is 177. The van der Waals surface area contributed by atoms with Crippen molar-refractivity contribution in [1.29, 1.82) is 0 Å². The van der Waals surface area contributed by atoms with Gasteiger partial charge < -0.3 is 10.1 Å². The van der Waals surface area contributed by atoms with Gasteiger partial charge >= 0.3 is 5.97 Å². The lowest BCUT2D eigenvalue weighted by atomic mass is 10.3. The summed E-state index contributed by atoms with van der Waals surface area (Å²) in [4.78, 5) is 21.4. The Labute approximate surface area is 71.6 Å². The number of carbonyl (C=O) groups excluding carboxylic acids is 2. The summed E-state index contributed by atoms with van der Waals surface area (Å²) in [5, 5.41) is 2.41. The normalized spacial score (nSPS) is 8.75. The van der Waals surface area contributed by atoms with Gasteiger partial charge in [0.05, 0.1) is 7.11 Å². The molecule has 0 spiro atoms. The summed E-state index contributed by atoms with van der Waals surface area (Å²) in [5.41, 5.74) is 0. The predicted molar refractivity (Wildman–Crippen MR) is 44.5 cm³/mol. The molecule has 0 aliphatic heterocycles. The second kappa shape index (κ2) is 6.39. The number of ether oxygens (including phenoxy) is 1. The van der Waals surface area contributed by atoms with E-state index in [4.69, 9.17) is 0 Å². The van der Waals surface area contributed by atoms with Gasteiger partial charge in [0.1, 0.15) is 6.54 Å². The topological polar surface area (TPSA) is 55.4 Å². The summed E-state index contributed by atoms with van der Waals surface area (Å²) in [6.07, 6.45) is 2.63. The molecule has 0 saturated heterocycles. The minimum Gasteiger partial charge on any atom is -0.468 e. The number of methoxy groups -OCH3 is 1. The lowest BCUT2D eigenvalue weighted by Gasteiger charge is -2.01. The third-order valence-electron chi connectivity index (χ3n) is 1.23. The van der Waals surface area contributed by atoms with Crippen LogP contribution in [0.25, 0.3) is 0 Å². The Morgan fingerprint density at radius 2 is 2.25 bits per heavy atom. The predicted octanol–water partition coefficient (Wildman–Crippen LogP) is 0.242. The summed E-state index contributed by atoms with van der Waals surface area (Å²) in [5.74, 6) is -0.609. The molecule has 4 heteroatoms. The fourth-order valence-corrected chi connectivity index (χ4v) is 0.564. The Hall–Kier alpha value is -1.32. The van der Waals surface area contributed by atoms with E-state index in [-0.39, 0.29) is 12.5 Å². The summed E-state index contributed by atoms with van der Waals surface area (Å²) in [7, 11) is 1.28. The van der Waals surface area contributed by atoms with Crippen molar-refractivity contribution in [2.24, 2.45) is 0 Å². The quantitative estimate of drug-likeness (QED) is 0.476. The van der Waals surface area contributed by atoms with Gasteiger partial charge in [0.25, 0.3) is 0 Å². The first-order chi connectivity index (χ1) is 5.70. The highest BCUT2D eigenvalue weighted by Crippen LogP contribution is 1.87. The maximum absolute atomic E-state index is 10.9. The largest absolute Gasteiger partial charge is 0.468 e. The van der Waals surface area contributed by atoms with Gasteiger partial charge in [-0.25, -0.2) is 0 Å². The molecular formula is C8H13NO3. The zero-order chi connectivity index (χ0) is 9.40. The van der Waals surface area contributed by atoms with Crippen LogP contribution >= 0.6 is 0 Å². The molecule has 0 radical (unpaired) electrons. The average Bonchev–Trinajstić information content (AvgIpc) is 2.10. The number of amides is 1. The van der Waals surface area contributed by atoms with Crippen LogP contribution in [0.2, 0.25) is 0 Å². The Kier molecular flexibility index (Phi) is 5.69. The summed E-state index contributed by atoms with van der Waals surface area (Å²) < 4.78 is 4.33. The van der Waals surface area contributed by atoms with Crippen molar-refractivity contribution in [3.63, 3.8) is 0 Å². The third kappa shape index (κ3) is 5.46. The standard InChI is InChI=1S/C8H13NO3/c1-3-4-5-7(10)9-6-8(11)12-2/h3H,1,4-6H2,2H3,(H,9,10). The number of hydrogen-bond donors (Lipinski definition) is 1. The van der Waals surface area contributed by atoms with Crippen molar-refractivity contribution in [2.75, 3.05) is 13.7 Å². The van der Waals surface area contributed by atoms with Gasteiger partial charge in [0.15, 0.2) is 0 Å². The zero-order valence-corrected chi connectivity index (χ0v) is 7.13. The van der Waals surface area contributed by atoms with Crippen molar-refractivity contribution in [3.05, 3.63) is 12.7 Å². The summed E-state index contributed by atoms with van der Waals surface area (Å²) in [6, 6.07) is 0. The smallest absolute Gasteiger partial charge is 0.325 e. The molecule has 0 aromatic carbocycles. The average molecular weight is 171 g/mol. The van der Waals surface area contributed by atoms with E-state index < -0.39 is 5.97 Å². The number of esters is 1. The maximum Gasteiger partial charge on any atom is 0.325 e. The molecule has 0 atom stereocenters. The highest BCUT2D eigenvalue weighted by atomic mass is 16.5. The van der Waals surface area contributed by atoms with Gasteiger partial charge in [0.2, 0.25) is 5.91 Å². The highest BCUT2D eigenvalue weighted by Gasteiger charge is 2.02. The first-order valence-electron chi connectivity index (χ1n) is 3.65. The second-order valence-electron chi connectivity index (χ2n) is 2.18. The Balaban J connectivity index is 3.43. The lowest BCUT2D eigenvalue weighted by molar-refractivity contribution is -0.141. The number of nitrogens with one attached hydrogen (secondary N) is 1. The highest BCUT2D eigenvalue weighted by molar-refractivity contribution is 5.81. The monoisotopic (exact) mass is 171 g/mol.